The molecule has 0 aromatic carbocycles. The molecule has 0 spiro atoms. The quantitative estimate of drug-likeness (QED) is 0.933. The van der Waals surface area contributed by atoms with Gasteiger partial charge in [-0.15, -0.1) is 11.3 Å². The normalized spacial score (nSPS) is 17.3. The summed E-state index contributed by atoms with van der Waals surface area (Å²) in [6, 6.07) is 7.84. The number of hydrogen-bond donors (Lipinski definition) is 1. The van der Waals surface area contributed by atoms with Crippen molar-refractivity contribution < 1.29 is 4.79 Å². The van der Waals surface area contributed by atoms with Crippen LogP contribution in [0.5, 0.6) is 0 Å². The lowest BCUT2D eigenvalue weighted by Gasteiger charge is -2.36. The van der Waals surface area contributed by atoms with Crippen LogP contribution in [-0.4, -0.2) is 17.4 Å². The molecule has 1 fully saturated rings. The Balaban J connectivity index is 1.72. The molecular weight excluding hydrogens is 280 g/mol. The minimum atomic E-state index is -0.00101. The molecule has 2 heterocycles. The largest absolute Gasteiger partial charge is 0.351 e. The van der Waals surface area contributed by atoms with Crippen LogP contribution >= 0.6 is 11.3 Å². The van der Waals surface area contributed by atoms with E-state index in [1.54, 1.807) is 24.5 Å². The summed E-state index contributed by atoms with van der Waals surface area (Å²) in [5, 5.41) is 5.27. The zero-order valence-electron chi connectivity index (χ0n) is 12.0. The lowest BCUT2D eigenvalue weighted by molar-refractivity contribution is 0.0937. The van der Waals surface area contributed by atoms with E-state index < -0.39 is 0 Å². The fraction of sp³-hybridized carbons (Fsp3) is 0.412. The number of amides is 1. The molecule has 2 aromatic heterocycles. The van der Waals surface area contributed by atoms with Gasteiger partial charge in [-0.25, -0.2) is 0 Å². The lowest BCUT2D eigenvalue weighted by Crippen LogP contribution is -2.41. The number of pyridine rings is 1. The van der Waals surface area contributed by atoms with E-state index in [0.29, 0.717) is 5.56 Å². The minimum Gasteiger partial charge on any atom is -0.351 e. The molecule has 0 unspecified atom stereocenters. The van der Waals surface area contributed by atoms with Crippen LogP contribution in [0.1, 0.15) is 47.3 Å². The van der Waals surface area contributed by atoms with Crippen molar-refractivity contribution >= 4 is 17.2 Å². The summed E-state index contributed by atoms with van der Waals surface area (Å²) in [5.74, 6) is -0.00101. The number of carbonyl (C=O) groups is 1. The summed E-state index contributed by atoms with van der Waals surface area (Å²) in [4.78, 5) is 17.6. The first kappa shape index (κ1) is 14.3. The number of rotatable bonds is 4. The van der Waals surface area contributed by atoms with Gasteiger partial charge in [0.25, 0.3) is 5.91 Å². The molecule has 4 heteroatoms. The van der Waals surface area contributed by atoms with Gasteiger partial charge in [0.2, 0.25) is 0 Å². The van der Waals surface area contributed by atoms with Gasteiger partial charge in [-0.1, -0.05) is 25.3 Å². The van der Waals surface area contributed by atoms with Crippen LogP contribution < -0.4 is 5.32 Å². The molecule has 2 aromatic rings. The van der Waals surface area contributed by atoms with Crippen molar-refractivity contribution in [2.24, 2.45) is 0 Å². The zero-order chi connectivity index (χ0) is 14.5. The third-order valence-electron chi connectivity index (χ3n) is 4.38. The maximum absolute atomic E-state index is 12.3. The number of nitrogens with one attached hydrogen (secondary N) is 1. The van der Waals surface area contributed by atoms with Crippen LogP contribution in [0.2, 0.25) is 0 Å². The first-order valence-corrected chi connectivity index (χ1v) is 8.40. The molecular formula is C17H20N2OS. The Labute approximate surface area is 129 Å². The van der Waals surface area contributed by atoms with Gasteiger partial charge in [0.1, 0.15) is 0 Å². The van der Waals surface area contributed by atoms with E-state index in [4.69, 9.17) is 0 Å². The highest BCUT2D eigenvalue weighted by Gasteiger charge is 2.35. The van der Waals surface area contributed by atoms with Gasteiger partial charge in [0.15, 0.2) is 0 Å². The van der Waals surface area contributed by atoms with Crippen molar-refractivity contribution in [2.75, 3.05) is 6.54 Å². The zero-order valence-corrected chi connectivity index (χ0v) is 12.9. The number of aromatic nitrogens is 1. The Hall–Kier alpha value is -1.68. The SMILES string of the molecule is O=C(NCC1(c2cccs2)CCCCC1)c1ccncc1. The maximum Gasteiger partial charge on any atom is 0.251 e. The van der Waals surface area contributed by atoms with E-state index in [-0.39, 0.29) is 11.3 Å². The second-order valence-corrected chi connectivity index (χ2v) is 6.68. The molecule has 0 aliphatic heterocycles. The maximum atomic E-state index is 12.3. The highest BCUT2D eigenvalue weighted by Crippen LogP contribution is 2.41. The fourth-order valence-electron chi connectivity index (χ4n) is 3.17. The molecule has 1 aliphatic rings. The third kappa shape index (κ3) is 3.16. The van der Waals surface area contributed by atoms with Gasteiger partial charge >= 0.3 is 0 Å². The molecule has 3 nitrogen and oxygen atoms in total. The Kier molecular flexibility index (Phi) is 4.34. The second kappa shape index (κ2) is 6.39. The van der Waals surface area contributed by atoms with Crippen LogP contribution in [-0.2, 0) is 5.41 Å². The molecule has 1 amide bonds. The summed E-state index contributed by atoms with van der Waals surface area (Å²) >= 11 is 1.81. The van der Waals surface area contributed by atoms with E-state index >= 15 is 0 Å². The van der Waals surface area contributed by atoms with E-state index in [9.17, 15) is 4.79 Å². The second-order valence-electron chi connectivity index (χ2n) is 5.74. The monoisotopic (exact) mass is 300 g/mol. The molecule has 0 atom stereocenters. The predicted octanol–water partition coefficient (Wildman–Crippen LogP) is 3.78. The summed E-state index contributed by atoms with van der Waals surface area (Å²) in [7, 11) is 0. The smallest absolute Gasteiger partial charge is 0.251 e. The van der Waals surface area contributed by atoms with Crippen molar-refractivity contribution in [3.8, 4) is 0 Å². The minimum absolute atomic E-state index is 0.00101. The average molecular weight is 300 g/mol. The van der Waals surface area contributed by atoms with Crippen LogP contribution in [0.3, 0.4) is 0 Å². The molecule has 0 saturated heterocycles. The number of carbonyl (C=O) groups excluding carboxylic acids is 1. The third-order valence-corrected chi connectivity index (χ3v) is 5.50. The predicted molar refractivity (Wildman–Crippen MR) is 85.7 cm³/mol. The van der Waals surface area contributed by atoms with Crippen molar-refractivity contribution in [2.45, 2.75) is 37.5 Å². The van der Waals surface area contributed by atoms with E-state index in [1.165, 1.54) is 37.0 Å². The van der Waals surface area contributed by atoms with Crippen molar-refractivity contribution in [3.05, 3.63) is 52.5 Å². The summed E-state index contributed by atoms with van der Waals surface area (Å²) in [6.07, 6.45) is 9.47. The first-order valence-electron chi connectivity index (χ1n) is 7.52. The molecule has 1 saturated carbocycles. The van der Waals surface area contributed by atoms with Gasteiger partial charge in [-0.2, -0.15) is 0 Å². The standard InChI is InChI=1S/C17H20N2OS/c20-16(14-6-10-18-11-7-14)19-13-17(8-2-1-3-9-17)15-5-4-12-21-15/h4-7,10-12H,1-3,8-9,13H2,(H,19,20). The molecule has 1 aliphatic carbocycles. The summed E-state index contributed by atoms with van der Waals surface area (Å²) < 4.78 is 0. The van der Waals surface area contributed by atoms with Crippen LogP contribution in [0.25, 0.3) is 0 Å². The van der Waals surface area contributed by atoms with Gasteiger partial charge in [0.05, 0.1) is 0 Å². The Morgan fingerprint density at radius 1 is 1.19 bits per heavy atom. The van der Waals surface area contributed by atoms with Crippen LogP contribution in [0, 0.1) is 0 Å². The van der Waals surface area contributed by atoms with Crippen LogP contribution in [0.4, 0.5) is 0 Å². The molecule has 21 heavy (non-hydrogen) atoms. The molecule has 3 rings (SSSR count). The average Bonchev–Trinajstić information content (AvgIpc) is 3.09. The number of nitrogens with zero attached hydrogens (tertiary/aromatic N) is 1. The van der Waals surface area contributed by atoms with Crippen molar-refractivity contribution in [1.82, 2.24) is 10.3 Å². The molecule has 110 valence electrons. The van der Waals surface area contributed by atoms with Crippen LogP contribution in [0.15, 0.2) is 42.0 Å². The van der Waals surface area contributed by atoms with Gasteiger partial charge < -0.3 is 5.32 Å². The molecule has 0 radical (unpaired) electrons. The fourth-order valence-corrected chi connectivity index (χ4v) is 4.16. The van der Waals surface area contributed by atoms with Crippen molar-refractivity contribution in [1.29, 1.82) is 0 Å². The highest BCUT2D eigenvalue weighted by atomic mass is 32.1. The van der Waals surface area contributed by atoms with Gasteiger partial charge in [0, 0.05) is 34.8 Å². The molecule has 0 bridgehead atoms. The van der Waals surface area contributed by atoms with E-state index in [1.807, 2.05) is 11.3 Å². The topological polar surface area (TPSA) is 42.0 Å². The number of thiophene rings is 1. The Morgan fingerprint density at radius 3 is 2.62 bits per heavy atom. The van der Waals surface area contributed by atoms with E-state index in [0.717, 1.165) is 6.54 Å². The Bertz CT molecular complexity index is 574. The highest BCUT2D eigenvalue weighted by molar-refractivity contribution is 7.10. The van der Waals surface area contributed by atoms with Gasteiger partial charge in [-0.3, -0.25) is 9.78 Å². The molecule has 1 N–H and O–H groups in total. The van der Waals surface area contributed by atoms with Crippen molar-refractivity contribution in [3.63, 3.8) is 0 Å². The van der Waals surface area contributed by atoms with E-state index in [2.05, 4.69) is 27.8 Å². The Morgan fingerprint density at radius 2 is 1.95 bits per heavy atom. The summed E-state index contributed by atoms with van der Waals surface area (Å²) in [5.41, 5.74) is 0.817. The summed E-state index contributed by atoms with van der Waals surface area (Å²) in [6.45, 7) is 0.731. The lowest BCUT2D eigenvalue weighted by atomic mass is 9.73. The number of hydrogen-bond acceptors (Lipinski definition) is 3. The van der Waals surface area contributed by atoms with Gasteiger partial charge in [-0.05, 0) is 36.4 Å². The first-order chi connectivity index (χ1) is 10.3.